The fourth-order valence-electron chi connectivity index (χ4n) is 1.61. The van der Waals surface area contributed by atoms with E-state index in [1.54, 1.807) is 12.1 Å². The molecule has 0 aliphatic rings. The van der Waals surface area contributed by atoms with Crippen LogP contribution in [0.25, 0.3) is 0 Å². The number of ether oxygens (including phenoxy) is 1. The molecule has 19 heavy (non-hydrogen) atoms. The average molecular weight is 409 g/mol. The molecule has 2 N–H and O–H groups in total. The first-order valence-corrected chi connectivity index (χ1v) is 8.00. The second-order valence-corrected chi connectivity index (χ2v) is 7.52. The van der Waals surface area contributed by atoms with Gasteiger partial charge in [0.25, 0.3) is 0 Å². The van der Waals surface area contributed by atoms with Crippen molar-refractivity contribution >= 4 is 43.2 Å². The first kappa shape index (κ1) is 15.0. The molecule has 0 aliphatic carbocycles. The highest BCUT2D eigenvalue weighted by molar-refractivity contribution is 9.11. The minimum atomic E-state index is -0.407. The van der Waals surface area contributed by atoms with E-state index in [1.807, 2.05) is 19.1 Å². The zero-order chi connectivity index (χ0) is 14.0. The van der Waals surface area contributed by atoms with Gasteiger partial charge in [0.1, 0.15) is 6.10 Å². The van der Waals surface area contributed by atoms with Gasteiger partial charge in [-0.2, -0.15) is 0 Å². The molecule has 0 aliphatic heterocycles. The molecule has 6 heteroatoms. The lowest BCUT2D eigenvalue weighted by Gasteiger charge is -2.21. The van der Waals surface area contributed by atoms with Crippen molar-refractivity contribution in [2.24, 2.45) is 5.73 Å². The predicted molar refractivity (Wildman–Crippen MR) is 83.1 cm³/mol. The van der Waals surface area contributed by atoms with E-state index in [4.69, 9.17) is 10.5 Å². The van der Waals surface area contributed by atoms with Gasteiger partial charge < -0.3 is 10.5 Å². The van der Waals surface area contributed by atoms with Crippen LogP contribution in [0.3, 0.4) is 0 Å². The van der Waals surface area contributed by atoms with Gasteiger partial charge in [0, 0.05) is 15.4 Å². The molecule has 0 spiro atoms. The molecule has 0 amide bonds. The Morgan fingerprint density at radius 1 is 1.26 bits per heavy atom. The number of hydrogen-bond acceptors (Lipinski definition) is 3. The second kappa shape index (κ2) is 6.35. The Morgan fingerprint density at radius 2 is 2.00 bits per heavy atom. The molecular weight excluding hydrogens is 397 g/mol. The lowest BCUT2D eigenvalue weighted by Crippen LogP contribution is -2.28. The zero-order valence-electron chi connectivity index (χ0n) is 10.1. The van der Waals surface area contributed by atoms with Crippen molar-refractivity contribution in [1.82, 2.24) is 0 Å². The van der Waals surface area contributed by atoms with E-state index in [1.165, 1.54) is 17.4 Å². The quantitative estimate of drug-likeness (QED) is 0.782. The Bertz CT molecular complexity index is 574. The number of rotatable bonds is 4. The van der Waals surface area contributed by atoms with Gasteiger partial charge in [0.05, 0.1) is 3.79 Å². The van der Waals surface area contributed by atoms with E-state index in [0.717, 1.165) is 8.66 Å². The maximum absolute atomic E-state index is 13.8. The van der Waals surface area contributed by atoms with Crippen molar-refractivity contribution in [1.29, 1.82) is 0 Å². The summed E-state index contributed by atoms with van der Waals surface area (Å²) in [4.78, 5) is 0.962. The first-order chi connectivity index (χ1) is 8.97. The van der Waals surface area contributed by atoms with Gasteiger partial charge in [-0.1, -0.05) is 15.9 Å². The van der Waals surface area contributed by atoms with Crippen molar-refractivity contribution < 1.29 is 9.13 Å². The highest BCUT2D eigenvalue weighted by Gasteiger charge is 2.21. The van der Waals surface area contributed by atoms with E-state index in [0.29, 0.717) is 4.47 Å². The summed E-state index contributed by atoms with van der Waals surface area (Å²) in [5.74, 6) is -0.203. The first-order valence-electron chi connectivity index (χ1n) is 5.60. The topological polar surface area (TPSA) is 35.2 Å². The standard InChI is InChI=1S/C13H12Br2FNOS/c1-7(17)13(11-4-5-12(15)19-11)18-10-3-2-8(14)6-9(10)16/h2-7,13H,17H2,1H3. The number of hydrogen-bond donors (Lipinski definition) is 1. The molecule has 0 bridgehead atoms. The van der Waals surface area contributed by atoms with Crippen LogP contribution in [0.5, 0.6) is 5.75 Å². The molecule has 102 valence electrons. The Morgan fingerprint density at radius 3 is 2.53 bits per heavy atom. The van der Waals surface area contributed by atoms with E-state index >= 15 is 0 Å². The molecule has 0 saturated carbocycles. The number of nitrogens with two attached hydrogens (primary N) is 1. The van der Waals surface area contributed by atoms with Crippen LogP contribution in [0.15, 0.2) is 38.6 Å². The smallest absolute Gasteiger partial charge is 0.166 e. The molecule has 1 aromatic carbocycles. The summed E-state index contributed by atoms with van der Waals surface area (Å²) in [5.41, 5.74) is 5.94. The van der Waals surface area contributed by atoms with E-state index in [-0.39, 0.29) is 17.9 Å². The molecule has 0 radical (unpaired) electrons. The van der Waals surface area contributed by atoms with E-state index in [2.05, 4.69) is 31.9 Å². The van der Waals surface area contributed by atoms with Crippen LogP contribution in [0.1, 0.15) is 17.9 Å². The summed E-state index contributed by atoms with van der Waals surface area (Å²) >= 11 is 8.15. The molecule has 2 nitrogen and oxygen atoms in total. The van der Waals surface area contributed by atoms with Crippen LogP contribution in [0.2, 0.25) is 0 Å². The van der Waals surface area contributed by atoms with Crippen LogP contribution in [0, 0.1) is 5.82 Å². The highest BCUT2D eigenvalue weighted by atomic mass is 79.9. The minimum absolute atomic E-state index is 0.204. The van der Waals surface area contributed by atoms with Crippen molar-refractivity contribution in [3.63, 3.8) is 0 Å². The second-order valence-electron chi connectivity index (χ2n) is 4.11. The molecule has 1 heterocycles. The maximum Gasteiger partial charge on any atom is 0.166 e. The number of benzene rings is 1. The largest absolute Gasteiger partial charge is 0.480 e. The van der Waals surface area contributed by atoms with Crippen molar-refractivity contribution in [2.45, 2.75) is 19.1 Å². The van der Waals surface area contributed by atoms with Crippen molar-refractivity contribution in [2.75, 3.05) is 0 Å². The van der Waals surface area contributed by atoms with Gasteiger partial charge in [-0.05, 0) is 53.2 Å². The maximum atomic E-state index is 13.8. The van der Waals surface area contributed by atoms with E-state index < -0.39 is 5.82 Å². The summed E-state index contributed by atoms with van der Waals surface area (Å²) in [5, 5.41) is 0. The molecular formula is C13H12Br2FNOS. The van der Waals surface area contributed by atoms with Crippen LogP contribution < -0.4 is 10.5 Å². The monoisotopic (exact) mass is 407 g/mol. The molecule has 2 atom stereocenters. The molecule has 1 aromatic heterocycles. The predicted octanol–water partition coefficient (Wildman–Crippen LogP) is 4.88. The summed E-state index contributed by atoms with van der Waals surface area (Å²) in [6.07, 6.45) is -0.369. The molecule has 2 aromatic rings. The zero-order valence-corrected chi connectivity index (χ0v) is 14.1. The van der Waals surface area contributed by atoms with Crippen molar-refractivity contribution in [3.05, 3.63) is 49.3 Å². The SMILES string of the molecule is CC(N)C(Oc1ccc(Br)cc1F)c1ccc(Br)s1. The minimum Gasteiger partial charge on any atom is -0.480 e. The molecule has 2 unspecified atom stereocenters. The van der Waals surface area contributed by atoms with Crippen LogP contribution in [0.4, 0.5) is 4.39 Å². The Balaban J connectivity index is 2.26. The van der Waals surface area contributed by atoms with Crippen LogP contribution in [-0.4, -0.2) is 6.04 Å². The van der Waals surface area contributed by atoms with Crippen LogP contribution in [-0.2, 0) is 0 Å². The lowest BCUT2D eigenvalue weighted by atomic mass is 10.1. The summed E-state index contributed by atoms with van der Waals surface area (Å²) < 4.78 is 21.2. The van der Waals surface area contributed by atoms with Crippen molar-refractivity contribution in [3.8, 4) is 5.75 Å². The normalized spacial score (nSPS) is 14.2. The van der Waals surface area contributed by atoms with Gasteiger partial charge in [-0.25, -0.2) is 4.39 Å². The summed E-state index contributed by atoms with van der Waals surface area (Å²) in [6.45, 7) is 1.84. The van der Waals surface area contributed by atoms with E-state index in [9.17, 15) is 4.39 Å². The van der Waals surface area contributed by atoms with Gasteiger partial charge in [-0.15, -0.1) is 11.3 Å². The fraction of sp³-hybridized carbons (Fsp3) is 0.231. The van der Waals surface area contributed by atoms with Gasteiger partial charge in [0.15, 0.2) is 11.6 Å². The Labute approximate surface area is 132 Å². The highest BCUT2D eigenvalue weighted by Crippen LogP contribution is 2.33. The third kappa shape index (κ3) is 3.78. The summed E-state index contributed by atoms with van der Waals surface area (Å²) in [7, 11) is 0. The summed E-state index contributed by atoms with van der Waals surface area (Å²) in [6, 6.07) is 8.32. The van der Waals surface area contributed by atoms with Crippen LogP contribution >= 0.6 is 43.2 Å². The molecule has 0 saturated heterocycles. The third-order valence-electron chi connectivity index (χ3n) is 2.50. The third-order valence-corrected chi connectivity index (χ3v) is 4.68. The number of thiophene rings is 1. The fourth-order valence-corrected chi connectivity index (χ4v) is 3.52. The molecule has 0 fully saturated rings. The molecule has 2 rings (SSSR count). The Hall–Kier alpha value is -0.430. The Kier molecular flexibility index (Phi) is 5.00. The number of halogens is 3. The van der Waals surface area contributed by atoms with Gasteiger partial charge in [-0.3, -0.25) is 0 Å². The van der Waals surface area contributed by atoms with Gasteiger partial charge >= 0.3 is 0 Å². The lowest BCUT2D eigenvalue weighted by molar-refractivity contribution is 0.176. The van der Waals surface area contributed by atoms with Gasteiger partial charge in [0.2, 0.25) is 0 Å². The average Bonchev–Trinajstić information content (AvgIpc) is 2.74.